The van der Waals surface area contributed by atoms with Crippen molar-refractivity contribution in [2.24, 2.45) is 11.8 Å². The van der Waals surface area contributed by atoms with Gasteiger partial charge >= 0.3 is 0 Å². The molecule has 2 N–H and O–H groups in total. The molecule has 1 saturated carbocycles. The van der Waals surface area contributed by atoms with Gasteiger partial charge in [0.2, 0.25) is 0 Å². The molecule has 1 saturated heterocycles. The minimum absolute atomic E-state index is 0.549. The summed E-state index contributed by atoms with van der Waals surface area (Å²) < 4.78 is 9.92. The van der Waals surface area contributed by atoms with Gasteiger partial charge in [-0.05, 0) is 49.6 Å². The summed E-state index contributed by atoms with van der Waals surface area (Å²) in [5.41, 5.74) is 5.90. The van der Waals surface area contributed by atoms with Crippen LogP contribution in [0.25, 0.3) is 0 Å². The number of hydrogen-bond acceptors (Lipinski definition) is 5. The second-order valence-corrected chi connectivity index (χ2v) is 6.19. The number of aromatic nitrogens is 1. The van der Waals surface area contributed by atoms with Gasteiger partial charge in [0, 0.05) is 13.1 Å². The van der Waals surface area contributed by atoms with Gasteiger partial charge in [0.25, 0.3) is 0 Å². The number of piperidine rings is 1. The maximum Gasteiger partial charge on any atom is 0.197 e. The maximum absolute atomic E-state index is 5.90. The van der Waals surface area contributed by atoms with E-state index in [0.29, 0.717) is 12.4 Å². The highest BCUT2D eigenvalue weighted by Gasteiger charge is 2.32. The Hall–Kier alpha value is -0.970. The molecule has 1 aromatic heterocycles. The largest absolute Gasteiger partial charge is 0.487 e. The van der Waals surface area contributed by atoms with Crippen molar-refractivity contribution < 1.29 is 4.74 Å². The Kier molecular flexibility index (Phi) is 3.33. The second kappa shape index (κ2) is 4.96. The average molecular weight is 267 g/mol. The van der Waals surface area contributed by atoms with Crippen molar-refractivity contribution in [3.05, 3.63) is 0 Å². The first kappa shape index (κ1) is 12.1. The van der Waals surface area contributed by atoms with Gasteiger partial charge < -0.3 is 15.4 Å². The van der Waals surface area contributed by atoms with Gasteiger partial charge in [0.1, 0.15) is 0 Å². The van der Waals surface area contributed by atoms with E-state index >= 15 is 0 Å². The third-order valence-corrected chi connectivity index (χ3v) is 4.99. The lowest BCUT2D eigenvalue weighted by atomic mass is 9.78. The van der Waals surface area contributed by atoms with Gasteiger partial charge in [0.05, 0.1) is 6.61 Å². The highest BCUT2D eigenvalue weighted by molar-refractivity contribution is 7.11. The third-order valence-electron chi connectivity index (χ3n) is 4.08. The van der Waals surface area contributed by atoms with Crippen LogP contribution >= 0.6 is 11.5 Å². The molecule has 0 amide bonds. The van der Waals surface area contributed by atoms with Crippen molar-refractivity contribution in [1.82, 2.24) is 4.37 Å². The van der Waals surface area contributed by atoms with E-state index in [0.717, 1.165) is 35.7 Å². The Bertz CT molecular complexity index is 408. The average Bonchev–Trinajstić information content (AvgIpc) is 2.71. The minimum Gasteiger partial charge on any atom is -0.487 e. The summed E-state index contributed by atoms with van der Waals surface area (Å²) in [7, 11) is 0. The molecular formula is C13H21N3OS. The van der Waals surface area contributed by atoms with E-state index in [1.54, 1.807) is 0 Å². The zero-order chi connectivity index (χ0) is 12.5. The van der Waals surface area contributed by atoms with Gasteiger partial charge in [-0.15, -0.1) is 0 Å². The number of nitrogens with two attached hydrogens (primary N) is 1. The lowest BCUT2D eigenvalue weighted by molar-refractivity contribution is 0.230. The molecule has 1 aliphatic carbocycles. The van der Waals surface area contributed by atoms with Crippen LogP contribution in [0, 0.1) is 11.8 Å². The van der Waals surface area contributed by atoms with Crippen molar-refractivity contribution in [3.63, 3.8) is 0 Å². The SMILES string of the molecule is CCOc1c(N)nsc1N1CC2CCCC(C2)C1. The van der Waals surface area contributed by atoms with Crippen molar-refractivity contribution in [2.45, 2.75) is 32.6 Å². The summed E-state index contributed by atoms with van der Waals surface area (Å²) in [5, 5.41) is 1.14. The predicted octanol–water partition coefficient (Wildman–Crippen LogP) is 2.75. The number of nitrogen functional groups attached to an aromatic ring is 1. The lowest BCUT2D eigenvalue weighted by Crippen LogP contribution is -2.42. The fourth-order valence-electron chi connectivity index (χ4n) is 3.36. The van der Waals surface area contributed by atoms with E-state index in [1.807, 2.05) is 6.92 Å². The first-order valence-corrected chi connectivity index (χ1v) is 7.68. The van der Waals surface area contributed by atoms with E-state index in [2.05, 4.69) is 9.27 Å². The summed E-state index contributed by atoms with van der Waals surface area (Å²) in [6.45, 7) is 4.94. The summed E-state index contributed by atoms with van der Waals surface area (Å²) in [6, 6.07) is 0. The van der Waals surface area contributed by atoms with Gasteiger partial charge in [-0.1, -0.05) is 6.42 Å². The van der Waals surface area contributed by atoms with Crippen LogP contribution < -0.4 is 15.4 Å². The topological polar surface area (TPSA) is 51.4 Å². The first-order valence-electron chi connectivity index (χ1n) is 6.90. The van der Waals surface area contributed by atoms with Crippen LogP contribution in [0.15, 0.2) is 0 Å². The Morgan fingerprint density at radius 3 is 2.78 bits per heavy atom. The van der Waals surface area contributed by atoms with Crippen molar-refractivity contribution in [3.8, 4) is 5.75 Å². The smallest absolute Gasteiger partial charge is 0.197 e. The molecule has 2 atom stereocenters. The van der Waals surface area contributed by atoms with Gasteiger partial charge in [-0.25, -0.2) is 0 Å². The minimum atomic E-state index is 0.549. The molecule has 0 radical (unpaired) electrons. The van der Waals surface area contributed by atoms with E-state index in [4.69, 9.17) is 10.5 Å². The monoisotopic (exact) mass is 267 g/mol. The molecule has 0 spiro atoms. The van der Waals surface area contributed by atoms with Crippen molar-refractivity contribution >= 4 is 22.4 Å². The second-order valence-electron chi connectivity index (χ2n) is 5.44. The molecule has 1 aliphatic heterocycles. The van der Waals surface area contributed by atoms with Crippen LogP contribution in [0.5, 0.6) is 5.75 Å². The van der Waals surface area contributed by atoms with Crippen molar-refractivity contribution in [1.29, 1.82) is 0 Å². The molecule has 18 heavy (non-hydrogen) atoms. The molecule has 2 bridgehead atoms. The van der Waals surface area contributed by atoms with Gasteiger partial charge in [-0.3, -0.25) is 0 Å². The molecule has 2 unspecified atom stereocenters. The zero-order valence-corrected chi connectivity index (χ0v) is 11.7. The molecule has 0 aromatic carbocycles. The van der Waals surface area contributed by atoms with E-state index in [-0.39, 0.29) is 0 Å². The van der Waals surface area contributed by atoms with Crippen LogP contribution in [0.2, 0.25) is 0 Å². The summed E-state index contributed by atoms with van der Waals surface area (Å²) >= 11 is 1.49. The highest BCUT2D eigenvalue weighted by atomic mass is 32.1. The Balaban J connectivity index is 1.82. The molecule has 1 aromatic rings. The summed E-state index contributed by atoms with van der Waals surface area (Å²) in [5.74, 6) is 3.07. The number of nitrogens with zero attached hydrogens (tertiary/aromatic N) is 2. The maximum atomic E-state index is 5.90. The van der Waals surface area contributed by atoms with Crippen LogP contribution in [0.1, 0.15) is 32.6 Å². The molecule has 100 valence electrons. The molecule has 2 fully saturated rings. The Labute approximate surface area is 112 Å². The molecule has 3 rings (SSSR count). The predicted molar refractivity (Wildman–Crippen MR) is 75.4 cm³/mol. The quantitative estimate of drug-likeness (QED) is 0.915. The van der Waals surface area contributed by atoms with Crippen molar-refractivity contribution in [2.75, 3.05) is 30.3 Å². The van der Waals surface area contributed by atoms with Crippen LogP contribution in [-0.2, 0) is 0 Å². The number of rotatable bonds is 3. The van der Waals surface area contributed by atoms with Crippen LogP contribution in [0.3, 0.4) is 0 Å². The Morgan fingerprint density at radius 1 is 1.39 bits per heavy atom. The highest BCUT2D eigenvalue weighted by Crippen LogP contribution is 2.43. The van der Waals surface area contributed by atoms with E-state index in [9.17, 15) is 0 Å². The van der Waals surface area contributed by atoms with Gasteiger partial charge in [-0.2, -0.15) is 4.37 Å². The van der Waals surface area contributed by atoms with Crippen LogP contribution in [-0.4, -0.2) is 24.1 Å². The first-order chi connectivity index (χ1) is 8.78. The number of fused-ring (bicyclic) bond motifs is 2. The molecule has 5 heteroatoms. The third kappa shape index (κ3) is 2.16. The number of hydrogen-bond donors (Lipinski definition) is 1. The molecule has 4 nitrogen and oxygen atoms in total. The number of anilines is 2. The fourth-order valence-corrected chi connectivity index (χ4v) is 4.14. The Morgan fingerprint density at radius 2 is 2.11 bits per heavy atom. The molecule has 2 heterocycles. The number of ether oxygens (including phenoxy) is 1. The normalized spacial score (nSPS) is 27.3. The van der Waals surface area contributed by atoms with Gasteiger partial charge in [0.15, 0.2) is 16.6 Å². The fraction of sp³-hybridized carbons (Fsp3) is 0.769. The van der Waals surface area contributed by atoms with Crippen LogP contribution in [0.4, 0.5) is 10.8 Å². The molecular weight excluding hydrogens is 246 g/mol. The lowest BCUT2D eigenvalue weighted by Gasteiger charge is -2.41. The zero-order valence-electron chi connectivity index (χ0n) is 10.9. The molecule has 2 aliphatic rings. The van der Waals surface area contributed by atoms with E-state index < -0.39 is 0 Å². The summed E-state index contributed by atoms with van der Waals surface area (Å²) in [6.07, 6.45) is 5.58. The standard InChI is InChI=1S/C13H21N3OS/c1-2-17-11-12(14)15-18-13(11)16-7-9-4-3-5-10(6-9)8-16/h9-10H,2-8H2,1H3,(H2,14,15). The summed E-state index contributed by atoms with van der Waals surface area (Å²) in [4.78, 5) is 2.46. The van der Waals surface area contributed by atoms with E-state index in [1.165, 1.54) is 37.2 Å².